The van der Waals surface area contributed by atoms with E-state index in [0.717, 1.165) is 50.5 Å². The molecule has 176 valence electrons. The monoisotopic (exact) mass is 458 g/mol. The number of carbonyl (C=O) groups is 1. The predicted octanol–water partition coefficient (Wildman–Crippen LogP) is 4.01. The zero-order valence-corrected chi connectivity index (χ0v) is 19.1. The molecule has 0 radical (unpaired) electrons. The number of anilines is 1. The third kappa shape index (κ3) is 4.69. The molecule has 1 amide bonds. The van der Waals surface area contributed by atoms with Crippen LogP contribution in [0.15, 0.2) is 64.2 Å². The van der Waals surface area contributed by atoms with Crippen LogP contribution in [0.25, 0.3) is 0 Å². The minimum atomic E-state index is -0.683. The third-order valence-electron chi connectivity index (χ3n) is 7.19. The lowest BCUT2D eigenvalue weighted by Gasteiger charge is -2.30. The van der Waals surface area contributed by atoms with Crippen LogP contribution < -0.4 is 21.9 Å². The molecule has 1 aromatic heterocycles. The second-order valence-electron chi connectivity index (χ2n) is 9.38. The van der Waals surface area contributed by atoms with Gasteiger partial charge in [-0.25, -0.2) is 4.79 Å². The molecule has 7 heteroatoms. The fourth-order valence-corrected chi connectivity index (χ4v) is 5.43. The largest absolute Gasteiger partial charge is 0.372 e. The Morgan fingerprint density at radius 1 is 0.853 bits per heavy atom. The Bertz CT molecular complexity index is 1270. The molecule has 1 heterocycles. The van der Waals surface area contributed by atoms with Crippen molar-refractivity contribution in [1.82, 2.24) is 15.3 Å². The van der Waals surface area contributed by atoms with Crippen LogP contribution in [0, 0.1) is 0 Å². The molecule has 1 fully saturated rings. The van der Waals surface area contributed by atoms with Crippen molar-refractivity contribution in [1.29, 1.82) is 0 Å². The van der Waals surface area contributed by atoms with Gasteiger partial charge in [-0.15, -0.1) is 0 Å². The van der Waals surface area contributed by atoms with Crippen molar-refractivity contribution in [2.24, 2.45) is 0 Å². The van der Waals surface area contributed by atoms with E-state index in [1.807, 2.05) is 18.2 Å². The van der Waals surface area contributed by atoms with Gasteiger partial charge in [-0.3, -0.25) is 14.6 Å². The van der Waals surface area contributed by atoms with Gasteiger partial charge in [0, 0.05) is 6.04 Å². The summed E-state index contributed by atoms with van der Waals surface area (Å²) in [7, 11) is 0. The summed E-state index contributed by atoms with van der Waals surface area (Å²) in [6.07, 6.45) is 6.53. The molecular weight excluding hydrogens is 428 g/mol. The fourth-order valence-electron chi connectivity index (χ4n) is 5.43. The summed E-state index contributed by atoms with van der Waals surface area (Å²) < 4.78 is 0. The maximum absolute atomic E-state index is 13.2. The van der Waals surface area contributed by atoms with Gasteiger partial charge in [-0.05, 0) is 67.6 Å². The number of hydrogen-bond acceptors (Lipinski definition) is 4. The van der Waals surface area contributed by atoms with Gasteiger partial charge in [-0.1, -0.05) is 54.6 Å². The quantitative estimate of drug-likeness (QED) is 0.463. The highest BCUT2D eigenvalue weighted by Gasteiger charge is 2.27. The van der Waals surface area contributed by atoms with E-state index in [2.05, 4.69) is 57.0 Å². The number of aromatic amines is 2. The molecular formula is C27H30N4O3. The smallest absolute Gasteiger partial charge is 0.326 e. The molecule has 0 spiro atoms. The Labute approximate surface area is 198 Å². The van der Waals surface area contributed by atoms with E-state index in [9.17, 15) is 14.4 Å². The van der Waals surface area contributed by atoms with Crippen LogP contribution in [-0.4, -0.2) is 21.9 Å². The van der Waals surface area contributed by atoms with Gasteiger partial charge in [0.25, 0.3) is 11.5 Å². The number of aryl methyl sites for hydroxylation is 1. The molecule has 0 bridgehead atoms. The Hall–Kier alpha value is -3.61. The Morgan fingerprint density at radius 2 is 1.59 bits per heavy atom. The van der Waals surface area contributed by atoms with E-state index < -0.39 is 17.2 Å². The number of amides is 1. The number of fused-ring (bicyclic) bond motifs is 1. The molecule has 2 aliphatic rings. The molecule has 3 aromatic rings. The molecule has 7 nitrogen and oxygen atoms in total. The highest BCUT2D eigenvalue weighted by atomic mass is 16.2. The van der Waals surface area contributed by atoms with Gasteiger partial charge < -0.3 is 15.6 Å². The first-order valence-corrected chi connectivity index (χ1v) is 12.1. The highest BCUT2D eigenvalue weighted by Crippen LogP contribution is 2.34. The first kappa shape index (κ1) is 22.2. The zero-order chi connectivity index (χ0) is 23.5. The zero-order valence-electron chi connectivity index (χ0n) is 19.1. The number of H-pyrrole nitrogens is 2. The lowest BCUT2D eigenvalue weighted by molar-refractivity contribution is 0.0921. The van der Waals surface area contributed by atoms with Crippen molar-refractivity contribution in [3.63, 3.8) is 0 Å². The topological polar surface area (TPSA) is 107 Å². The molecule has 2 aliphatic carbocycles. The van der Waals surface area contributed by atoms with Gasteiger partial charge in [0.05, 0.1) is 6.04 Å². The normalized spacial score (nSPS) is 21.9. The summed E-state index contributed by atoms with van der Waals surface area (Å²) in [4.78, 5) is 42.8. The van der Waals surface area contributed by atoms with Gasteiger partial charge in [-0.2, -0.15) is 0 Å². The van der Waals surface area contributed by atoms with E-state index in [1.165, 1.54) is 11.1 Å². The lowest BCUT2D eigenvalue weighted by Crippen LogP contribution is -2.40. The Kier molecular flexibility index (Phi) is 6.34. The highest BCUT2D eigenvalue weighted by molar-refractivity contribution is 5.97. The maximum Gasteiger partial charge on any atom is 0.326 e. The molecule has 5 rings (SSSR count). The second kappa shape index (κ2) is 9.71. The van der Waals surface area contributed by atoms with Gasteiger partial charge >= 0.3 is 5.69 Å². The minimum Gasteiger partial charge on any atom is -0.372 e. The van der Waals surface area contributed by atoms with Crippen LogP contribution in [0.3, 0.4) is 0 Å². The molecule has 0 saturated heterocycles. The summed E-state index contributed by atoms with van der Waals surface area (Å²) in [5, 5.41) is 6.33. The molecule has 1 unspecified atom stereocenters. The van der Waals surface area contributed by atoms with E-state index in [4.69, 9.17) is 0 Å². The van der Waals surface area contributed by atoms with E-state index in [-0.39, 0.29) is 23.5 Å². The number of aromatic nitrogens is 2. The van der Waals surface area contributed by atoms with E-state index in [0.29, 0.717) is 5.92 Å². The summed E-state index contributed by atoms with van der Waals surface area (Å²) in [5.41, 5.74) is 2.57. The van der Waals surface area contributed by atoms with Crippen LogP contribution in [-0.2, 0) is 6.42 Å². The van der Waals surface area contributed by atoms with Crippen molar-refractivity contribution < 1.29 is 4.79 Å². The SMILES string of the molecule is O=C(N[C@H]1CC[C@@H](c2ccccc2)CC1)c1[nH]c(=O)[nH]c(=O)c1NC1CCCc2ccccc21. The average Bonchev–Trinajstić information content (AvgIpc) is 2.86. The van der Waals surface area contributed by atoms with Crippen LogP contribution in [0.2, 0.25) is 0 Å². The van der Waals surface area contributed by atoms with Crippen LogP contribution >= 0.6 is 0 Å². The first-order chi connectivity index (χ1) is 16.6. The summed E-state index contributed by atoms with van der Waals surface area (Å²) in [6.45, 7) is 0. The lowest BCUT2D eigenvalue weighted by atomic mass is 9.82. The van der Waals surface area contributed by atoms with E-state index >= 15 is 0 Å². The summed E-state index contributed by atoms with van der Waals surface area (Å²) >= 11 is 0. The van der Waals surface area contributed by atoms with Crippen molar-refractivity contribution in [2.45, 2.75) is 62.9 Å². The molecule has 0 aliphatic heterocycles. The Morgan fingerprint density at radius 3 is 2.38 bits per heavy atom. The number of hydrogen-bond donors (Lipinski definition) is 4. The molecule has 34 heavy (non-hydrogen) atoms. The van der Waals surface area contributed by atoms with Crippen molar-refractivity contribution in [3.8, 4) is 0 Å². The van der Waals surface area contributed by atoms with Crippen LogP contribution in [0.1, 0.15) is 77.7 Å². The van der Waals surface area contributed by atoms with Crippen molar-refractivity contribution in [2.75, 3.05) is 5.32 Å². The fraction of sp³-hybridized carbons (Fsp3) is 0.370. The summed E-state index contributed by atoms with van der Waals surface area (Å²) in [6, 6.07) is 18.5. The van der Waals surface area contributed by atoms with Crippen molar-refractivity contribution in [3.05, 3.63) is 97.8 Å². The Balaban J connectivity index is 1.32. The minimum absolute atomic E-state index is 0.00184. The predicted molar refractivity (Wildman–Crippen MR) is 132 cm³/mol. The number of benzene rings is 2. The van der Waals surface area contributed by atoms with Gasteiger partial charge in [0.15, 0.2) is 0 Å². The first-order valence-electron chi connectivity index (χ1n) is 12.1. The molecule has 2 aromatic carbocycles. The number of nitrogens with one attached hydrogen (secondary N) is 4. The summed E-state index contributed by atoms with van der Waals surface area (Å²) in [5.74, 6) is 0.0790. The standard InChI is InChI=1S/C27H30N4O3/c32-25(28-20-15-13-18(14-16-20)17-7-2-1-3-8-17)24-23(26(33)31-27(34)30-24)29-22-12-6-10-19-9-4-5-11-21(19)22/h1-5,7-9,11,18,20,22,29H,6,10,12-16H2,(H,28,32)(H2,30,31,33,34)/t18-,20+,22?. The van der Waals surface area contributed by atoms with Crippen molar-refractivity contribution >= 4 is 11.6 Å². The van der Waals surface area contributed by atoms with Gasteiger partial charge in [0.2, 0.25) is 0 Å². The van der Waals surface area contributed by atoms with Crippen LogP contribution in [0.5, 0.6) is 0 Å². The second-order valence-corrected chi connectivity index (χ2v) is 9.38. The number of carbonyl (C=O) groups excluding carboxylic acids is 1. The average molecular weight is 459 g/mol. The van der Waals surface area contributed by atoms with Gasteiger partial charge in [0.1, 0.15) is 11.4 Å². The molecule has 1 atom stereocenters. The van der Waals surface area contributed by atoms with Crippen LogP contribution in [0.4, 0.5) is 5.69 Å². The molecule has 4 N–H and O–H groups in total. The number of rotatable bonds is 5. The third-order valence-corrected chi connectivity index (χ3v) is 7.19. The van der Waals surface area contributed by atoms with E-state index in [1.54, 1.807) is 0 Å². The molecule has 1 saturated carbocycles. The maximum atomic E-state index is 13.2.